The highest BCUT2D eigenvalue weighted by Gasteiger charge is 2.21. The van der Waals surface area contributed by atoms with Crippen LogP contribution in [0.2, 0.25) is 0 Å². The molecule has 1 aliphatic rings. The molecule has 1 amide bonds. The zero-order valence-corrected chi connectivity index (χ0v) is 15.1. The zero-order valence-electron chi connectivity index (χ0n) is 15.1. The summed E-state index contributed by atoms with van der Waals surface area (Å²) < 4.78 is 0. The average molecular weight is 338 g/mol. The Morgan fingerprint density at radius 1 is 1.08 bits per heavy atom. The minimum atomic E-state index is 0.0257. The smallest absolute Gasteiger partial charge is 0.272 e. The Kier molecular flexibility index (Phi) is 5.64. The van der Waals surface area contributed by atoms with Crippen molar-refractivity contribution in [1.82, 2.24) is 14.9 Å². The summed E-state index contributed by atoms with van der Waals surface area (Å²) in [7, 11) is 0. The van der Waals surface area contributed by atoms with Gasteiger partial charge in [-0.1, -0.05) is 31.0 Å². The number of aromatic nitrogens is 2. The molecule has 3 rings (SSSR count). The van der Waals surface area contributed by atoms with Gasteiger partial charge in [-0.15, -0.1) is 0 Å². The second-order valence-corrected chi connectivity index (χ2v) is 6.44. The van der Waals surface area contributed by atoms with Crippen LogP contribution in [0.1, 0.15) is 48.9 Å². The SMILES string of the molecule is CCN(c1ccccc1)c1cc(C(=O)N2CCCCCC2)nc(C)n1. The number of nitrogens with zero attached hydrogens (tertiary/aromatic N) is 4. The number of rotatable bonds is 4. The van der Waals surface area contributed by atoms with Gasteiger partial charge in [0.05, 0.1) is 0 Å². The van der Waals surface area contributed by atoms with E-state index in [4.69, 9.17) is 0 Å². The number of para-hydroxylation sites is 1. The summed E-state index contributed by atoms with van der Waals surface area (Å²) in [6, 6.07) is 12.0. The zero-order chi connectivity index (χ0) is 17.6. The summed E-state index contributed by atoms with van der Waals surface area (Å²) in [5, 5.41) is 0. The van der Waals surface area contributed by atoms with Crippen LogP contribution in [0.25, 0.3) is 0 Å². The van der Waals surface area contributed by atoms with E-state index in [0.29, 0.717) is 11.5 Å². The van der Waals surface area contributed by atoms with Crippen LogP contribution >= 0.6 is 0 Å². The summed E-state index contributed by atoms with van der Waals surface area (Å²) in [4.78, 5) is 26.0. The van der Waals surface area contributed by atoms with Crippen LogP contribution in [-0.4, -0.2) is 40.4 Å². The Morgan fingerprint density at radius 2 is 1.76 bits per heavy atom. The van der Waals surface area contributed by atoms with Crippen LogP contribution in [-0.2, 0) is 0 Å². The third kappa shape index (κ3) is 4.16. The quantitative estimate of drug-likeness (QED) is 0.847. The van der Waals surface area contributed by atoms with Crippen molar-refractivity contribution in [2.24, 2.45) is 0 Å². The van der Waals surface area contributed by atoms with Crippen molar-refractivity contribution in [3.05, 3.63) is 47.9 Å². The van der Waals surface area contributed by atoms with Gasteiger partial charge in [0.15, 0.2) is 0 Å². The normalized spacial score (nSPS) is 14.9. The predicted molar refractivity (Wildman–Crippen MR) is 100 cm³/mol. The molecule has 0 bridgehead atoms. The number of hydrogen-bond acceptors (Lipinski definition) is 4. The minimum Gasteiger partial charge on any atom is -0.337 e. The van der Waals surface area contributed by atoms with Crippen molar-refractivity contribution in [3.63, 3.8) is 0 Å². The van der Waals surface area contributed by atoms with E-state index in [1.165, 1.54) is 12.8 Å². The molecule has 132 valence electrons. The Labute approximate surface area is 149 Å². The van der Waals surface area contributed by atoms with E-state index in [0.717, 1.165) is 44.0 Å². The van der Waals surface area contributed by atoms with Crippen molar-refractivity contribution >= 4 is 17.4 Å². The third-order valence-corrected chi connectivity index (χ3v) is 4.60. The fourth-order valence-electron chi connectivity index (χ4n) is 3.32. The lowest BCUT2D eigenvalue weighted by Crippen LogP contribution is -2.33. The van der Waals surface area contributed by atoms with E-state index >= 15 is 0 Å². The summed E-state index contributed by atoms with van der Waals surface area (Å²) in [5.74, 6) is 1.43. The second kappa shape index (κ2) is 8.10. The molecule has 0 N–H and O–H groups in total. The van der Waals surface area contributed by atoms with Crippen molar-refractivity contribution in [1.29, 1.82) is 0 Å². The fraction of sp³-hybridized carbons (Fsp3) is 0.450. The first-order valence-corrected chi connectivity index (χ1v) is 9.16. The van der Waals surface area contributed by atoms with E-state index in [1.807, 2.05) is 36.1 Å². The molecule has 1 aromatic carbocycles. The number of carbonyl (C=O) groups is 1. The summed E-state index contributed by atoms with van der Waals surface area (Å²) >= 11 is 0. The number of hydrogen-bond donors (Lipinski definition) is 0. The Bertz CT molecular complexity index is 709. The molecule has 1 saturated heterocycles. The van der Waals surface area contributed by atoms with Gasteiger partial charge in [-0.05, 0) is 38.8 Å². The molecule has 0 saturated carbocycles. The summed E-state index contributed by atoms with van der Waals surface area (Å²) in [5.41, 5.74) is 1.56. The molecule has 5 heteroatoms. The largest absolute Gasteiger partial charge is 0.337 e. The van der Waals surface area contributed by atoms with Gasteiger partial charge in [-0.3, -0.25) is 4.79 Å². The summed E-state index contributed by atoms with van der Waals surface area (Å²) in [6.07, 6.45) is 4.56. The standard InChI is InChI=1S/C20H26N4O/c1-3-24(17-11-7-6-8-12-17)19-15-18(21-16(2)22-19)20(25)23-13-9-4-5-10-14-23/h6-8,11-12,15H,3-5,9-10,13-14H2,1-2H3. The van der Waals surface area contributed by atoms with Crippen LogP contribution in [0.5, 0.6) is 0 Å². The van der Waals surface area contributed by atoms with Crippen LogP contribution in [0.3, 0.4) is 0 Å². The van der Waals surface area contributed by atoms with Gasteiger partial charge in [-0.25, -0.2) is 9.97 Å². The molecule has 1 fully saturated rings. The highest BCUT2D eigenvalue weighted by molar-refractivity contribution is 5.93. The number of benzene rings is 1. The monoisotopic (exact) mass is 338 g/mol. The fourth-order valence-corrected chi connectivity index (χ4v) is 3.32. The Hall–Kier alpha value is -2.43. The number of anilines is 2. The number of aryl methyl sites for hydroxylation is 1. The molecule has 5 nitrogen and oxygen atoms in total. The van der Waals surface area contributed by atoms with Crippen molar-refractivity contribution in [3.8, 4) is 0 Å². The molecular formula is C20H26N4O. The maximum atomic E-state index is 12.9. The lowest BCUT2D eigenvalue weighted by molar-refractivity contribution is 0.0755. The first kappa shape index (κ1) is 17.4. The van der Waals surface area contributed by atoms with Crippen molar-refractivity contribution in [2.75, 3.05) is 24.5 Å². The van der Waals surface area contributed by atoms with E-state index < -0.39 is 0 Å². The first-order chi connectivity index (χ1) is 12.2. The average Bonchev–Trinajstić information content (AvgIpc) is 2.91. The molecule has 0 atom stereocenters. The lowest BCUT2D eigenvalue weighted by atomic mass is 10.2. The summed E-state index contributed by atoms with van der Waals surface area (Å²) in [6.45, 7) is 6.36. The predicted octanol–water partition coefficient (Wildman–Crippen LogP) is 3.96. The lowest BCUT2D eigenvalue weighted by Gasteiger charge is -2.24. The van der Waals surface area contributed by atoms with Gasteiger partial charge < -0.3 is 9.80 Å². The van der Waals surface area contributed by atoms with Gasteiger partial charge in [-0.2, -0.15) is 0 Å². The van der Waals surface area contributed by atoms with Crippen molar-refractivity contribution in [2.45, 2.75) is 39.5 Å². The van der Waals surface area contributed by atoms with E-state index in [-0.39, 0.29) is 5.91 Å². The number of likely N-dealkylation sites (tertiary alicyclic amines) is 1. The van der Waals surface area contributed by atoms with Gasteiger partial charge in [0.2, 0.25) is 0 Å². The maximum absolute atomic E-state index is 12.9. The highest BCUT2D eigenvalue weighted by Crippen LogP contribution is 2.24. The molecule has 0 spiro atoms. The van der Waals surface area contributed by atoms with Crippen LogP contribution in [0.15, 0.2) is 36.4 Å². The number of amides is 1. The van der Waals surface area contributed by atoms with Crippen molar-refractivity contribution < 1.29 is 4.79 Å². The Balaban J connectivity index is 1.90. The molecule has 0 aliphatic carbocycles. The Morgan fingerprint density at radius 3 is 2.40 bits per heavy atom. The third-order valence-electron chi connectivity index (χ3n) is 4.60. The first-order valence-electron chi connectivity index (χ1n) is 9.16. The number of carbonyl (C=O) groups excluding carboxylic acids is 1. The minimum absolute atomic E-state index is 0.0257. The van der Waals surface area contributed by atoms with Gasteiger partial charge in [0, 0.05) is 31.4 Å². The molecule has 1 aliphatic heterocycles. The van der Waals surface area contributed by atoms with E-state index in [9.17, 15) is 4.79 Å². The maximum Gasteiger partial charge on any atom is 0.272 e. The van der Waals surface area contributed by atoms with Gasteiger partial charge in [0.25, 0.3) is 5.91 Å². The molecular weight excluding hydrogens is 312 g/mol. The van der Waals surface area contributed by atoms with E-state index in [2.05, 4.69) is 33.9 Å². The molecule has 0 radical (unpaired) electrons. The molecule has 2 heterocycles. The topological polar surface area (TPSA) is 49.3 Å². The van der Waals surface area contributed by atoms with E-state index in [1.54, 1.807) is 0 Å². The van der Waals surface area contributed by atoms with Crippen LogP contribution in [0.4, 0.5) is 11.5 Å². The highest BCUT2D eigenvalue weighted by atomic mass is 16.2. The van der Waals surface area contributed by atoms with Crippen LogP contribution in [0, 0.1) is 6.92 Å². The van der Waals surface area contributed by atoms with Gasteiger partial charge >= 0.3 is 0 Å². The molecule has 0 unspecified atom stereocenters. The molecule has 2 aromatic rings. The molecule has 25 heavy (non-hydrogen) atoms. The van der Waals surface area contributed by atoms with Crippen LogP contribution < -0.4 is 4.90 Å². The van der Waals surface area contributed by atoms with Gasteiger partial charge in [0.1, 0.15) is 17.3 Å². The molecule has 1 aromatic heterocycles. The second-order valence-electron chi connectivity index (χ2n) is 6.44.